The maximum Gasteiger partial charge on any atom is 0.319 e. The number of nitrogens with zero attached hydrogens (tertiary/aromatic N) is 7. The van der Waals surface area contributed by atoms with Crippen LogP contribution in [0.2, 0.25) is 0 Å². The van der Waals surface area contributed by atoms with Crippen molar-refractivity contribution in [2.75, 3.05) is 40.8 Å². The quantitative estimate of drug-likeness (QED) is 0.716. The number of fused-ring (bicyclic) bond motifs is 1. The summed E-state index contributed by atoms with van der Waals surface area (Å²) < 4.78 is 12.5. The maximum atomic E-state index is 13.0. The Hall–Kier alpha value is -2.95. The third-order valence-electron chi connectivity index (χ3n) is 6.06. The summed E-state index contributed by atoms with van der Waals surface area (Å²) >= 11 is 0. The van der Waals surface area contributed by atoms with Gasteiger partial charge in [-0.3, -0.25) is 4.79 Å². The van der Waals surface area contributed by atoms with Gasteiger partial charge in [-0.25, -0.2) is 4.79 Å². The summed E-state index contributed by atoms with van der Waals surface area (Å²) in [5.41, 5.74) is 0.977. The van der Waals surface area contributed by atoms with Crippen LogP contribution in [-0.2, 0) is 24.4 Å². The number of rotatable bonds is 4. The first-order valence-corrected chi connectivity index (χ1v) is 10.5. The minimum absolute atomic E-state index is 0.0480. The number of methoxy groups -OCH3 is 1. The van der Waals surface area contributed by atoms with Gasteiger partial charge in [-0.1, -0.05) is 5.16 Å². The maximum absolute atomic E-state index is 13.0. The molecular formula is C20H29N7O4. The monoisotopic (exact) mass is 431 g/mol. The Balaban J connectivity index is 1.43. The van der Waals surface area contributed by atoms with E-state index in [4.69, 9.17) is 9.26 Å². The van der Waals surface area contributed by atoms with Crippen LogP contribution < -0.4 is 0 Å². The smallest absolute Gasteiger partial charge is 0.319 e. The molecule has 0 radical (unpaired) electrons. The summed E-state index contributed by atoms with van der Waals surface area (Å²) in [6, 6.07) is 0.0480. The number of piperidine rings is 1. The highest BCUT2D eigenvalue weighted by Crippen LogP contribution is 2.29. The Morgan fingerprint density at radius 2 is 1.87 bits per heavy atom. The minimum Gasteiger partial charge on any atom is -0.380 e. The van der Waals surface area contributed by atoms with Gasteiger partial charge in [0.2, 0.25) is 0 Å². The Morgan fingerprint density at radius 3 is 2.55 bits per heavy atom. The lowest BCUT2D eigenvalue weighted by molar-refractivity contribution is 0.0691. The molecule has 0 unspecified atom stereocenters. The number of carbonyl (C=O) groups excluding carboxylic acids is 2. The number of hydrogen-bond acceptors (Lipinski definition) is 7. The molecule has 1 fully saturated rings. The predicted octanol–water partition coefficient (Wildman–Crippen LogP) is 1.24. The first-order valence-electron chi connectivity index (χ1n) is 10.5. The van der Waals surface area contributed by atoms with Crippen molar-refractivity contribution in [3.05, 3.63) is 28.7 Å². The van der Waals surface area contributed by atoms with Crippen LogP contribution in [0.3, 0.4) is 0 Å². The first kappa shape index (κ1) is 21.3. The van der Waals surface area contributed by atoms with Crippen molar-refractivity contribution in [3.63, 3.8) is 0 Å². The lowest BCUT2D eigenvalue weighted by Gasteiger charge is -2.34. The van der Waals surface area contributed by atoms with E-state index < -0.39 is 0 Å². The van der Waals surface area contributed by atoms with Crippen molar-refractivity contribution in [2.45, 2.75) is 45.4 Å². The summed E-state index contributed by atoms with van der Waals surface area (Å²) in [6.45, 7) is 5.03. The number of ether oxygens (including phenoxy) is 1. The van der Waals surface area contributed by atoms with Gasteiger partial charge in [-0.2, -0.15) is 0 Å². The molecule has 0 spiro atoms. The van der Waals surface area contributed by atoms with E-state index in [1.807, 2.05) is 4.90 Å². The molecule has 0 bridgehead atoms. The fraction of sp³-hybridized carbons (Fsp3) is 0.650. The van der Waals surface area contributed by atoms with Crippen LogP contribution in [0.1, 0.15) is 52.2 Å². The summed E-state index contributed by atoms with van der Waals surface area (Å²) in [5, 5.41) is 12.8. The first-order chi connectivity index (χ1) is 14.9. The SMILES string of the molecule is COCc1c(C(=O)N2CCn3c(nnc3C3CCN(C(=O)N(C)C)CC3)C2)noc1C. The van der Waals surface area contributed by atoms with Crippen LogP contribution in [0.4, 0.5) is 4.79 Å². The van der Waals surface area contributed by atoms with Gasteiger partial charge >= 0.3 is 6.03 Å². The zero-order valence-electron chi connectivity index (χ0n) is 18.5. The van der Waals surface area contributed by atoms with Gasteiger partial charge in [0.1, 0.15) is 11.6 Å². The Bertz CT molecular complexity index is 959. The van der Waals surface area contributed by atoms with Crippen LogP contribution in [0.25, 0.3) is 0 Å². The zero-order chi connectivity index (χ0) is 22.1. The molecule has 0 aromatic carbocycles. The molecule has 4 heterocycles. The van der Waals surface area contributed by atoms with Crippen molar-refractivity contribution in [3.8, 4) is 0 Å². The minimum atomic E-state index is -0.185. The van der Waals surface area contributed by atoms with Gasteiger partial charge < -0.3 is 28.5 Å². The molecule has 168 valence electrons. The van der Waals surface area contributed by atoms with Crippen molar-refractivity contribution < 1.29 is 18.8 Å². The largest absolute Gasteiger partial charge is 0.380 e. The van der Waals surface area contributed by atoms with Crippen molar-refractivity contribution >= 4 is 11.9 Å². The molecule has 0 saturated carbocycles. The normalized spacial score (nSPS) is 17.0. The van der Waals surface area contributed by atoms with Crippen LogP contribution in [0.15, 0.2) is 4.52 Å². The number of likely N-dealkylation sites (tertiary alicyclic amines) is 1. The Morgan fingerprint density at radius 1 is 1.13 bits per heavy atom. The molecule has 2 aliphatic rings. The number of amides is 3. The molecule has 0 atom stereocenters. The van der Waals surface area contributed by atoms with E-state index in [-0.39, 0.29) is 24.5 Å². The molecule has 2 aromatic heterocycles. The average molecular weight is 431 g/mol. The van der Waals surface area contributed by atoms with Crippen molar-refractivity contribution in [1.82, 2.24) is 34.6 Å². The number of aryl methyl sites for hydroxylation is 1. The van der Waals surface area contributed by atoms with Crippen LogP contribution in [-0.4, -0.2) is 87.4 Å². The van der Waals surface area contributed by atoms with E-state index in [1.165, 1.54) is 0 Å². The van der Waals surface area contributed by atoms with Gasteiger partial charge in [-0.15, -0.1) is 10.2 Å². The molecule has 0 N–H and O–H groups in total. The third kappa shape index (κ3) is 4.01. The van der Waals surface area contributed by atoms with Gasteiger partial charge in [-0.05, 0) is 19.8 Å². The lowest BCUT2D eigenvalue weighted by Crippen LogP contribution is -2.44. The van der Waals surface area contributed by atoms with Crippen molar-refractivity contribution in [1.29, 1.82) is 0 Å². The highest BCUT2D eigenvalue weighted by molar-refractivity contribution is 5.93. The molecule has 31 heavy (non-hydrogen) atoms. The van der Waals surface area contributed by atoms with Gasteiger partial charge in [0.05, 0.1) is 18.7 Å². The van der Waals surface area contributed by atoms with E-state index in [9.17, 15) is 9.59 Å². The Kier molecular flexibility index (Phi) is 5.94. The van der Waals surface area contributed by atoms with Crippen LogP contribution >= 0.6 is 0 Å². The van der Waals surface area contributed by atoms with Crippen LogP contribution in [0, 0.1) is 6.92 Å². The standard InChI is InChI=1S/C20H29N7O4/c1-13-15(12-30-4)17(23-31-13)19(28)26-9-10-27-16(11-26)21-22-18(27)14-5-7-25(8-6-14)20(29)24(2)3/h14H,5-12H2,1-4H3. The second-order valence-electron chi connectivity index (χ2n) is 8.29. The molecular weight excluding hydrogens is 402 g/mol. The van der Waals surface area contributed by atoms with E-state index >= 15 is 0 Å². The van der Waals surface area contributed by atoms with Gasteiger partial charge in [0.25, 0.3) is 5.91 Å². The van der Waals surface area contributed by atoms with Gasteiger partial charge in [0, 0.05) is 53.3 Å². The second-order valence-corrected chi connectivity index (χ2v) is 8.29. The topological polar surface area (TPSA) is 110 Å². The lowest BCUT2D eigenvalue weighted by atomic mass is 9.96. The summed E-state index contributed by atoms with van der Waals surface area (Å²) in [5.74, 6) is 2.40. The summed E-state index contributed by atoms with van der Waals surface area (Å²) in [6.07, 6.45) is 1.72. The highest BCUT2D eigenvalue weighted by Gasteiger charge is 2.33. The number of carbonyl (C=O) groups is 2. The van der Waals surface area contributed by atoms with Gasteiger partial charge in [0.15, 0.2) is 11.5 Å². The molecule has 3 amide bonds. The molecule has 2 aliphatic heterocycles. The molecule has 11 nitrogen and oxygen atoms in total. The fourth-order valence-electron chi connectivity index (χ4n) is 4.29. The van der Waals surface area contributed by atoms with E-state index in [0.717, 1.165) is 24.5 Å². The van der Waals surface area contributed by atoms with E-state index in [0.29, 0.717) is 49.7 Å². The van der Waals surface area contributed by atoms with E-state index in [2.05, 4.69) is 19.9 Å². The zero-order valence-corrected chi connectivity index (χ0v) is 18.5. The predicted molar refractivity (Wildman–Crippen MR) is 109 cm³/mol. The average Bonchev–Trinajstić information content (AvgIpc) is 3.36. The second kappa shape index (κ2) is 8.66. The molecule has 11 heteroatoms. The molecule has 1 saturated heterocycles. The van der Waals surface area contributed by atoms with Crippen molar-refractivity contribution in [2.24, 2.45) is 0 Å². The van der Waals surface area contributed by atoms with Crippen LogP contribution in [0.5, 0.6) is 0 Å². The number of aromatic nitrogens is 4. The Labute approximate surface area is 180 Å². The fourth-order valence-corrected chi connectivity index (χ4v) is 4.29. The summed E-state index contributed by atoms with van der Waals surface area (Å²) in [4.78, 5) is 30.4. The summed E-state index contributed by atoms with van der Waals surface area (Å²) in [7, 11) is 5.12. The number of hydrogen-bond donors (Lipinski definition) is 0. The molecule has 2 aromatic rings. The molecule has 0 aliphatic carbocycles. The molecule has 4 rings (SSSR count). The number of urea groups is 1. The van der Waals surface area contributed by atoms with E-state index in [1.54, 1.807) is 37.9 Å². The highest BCUT2D eigenvalue weighted by atomic mass is 16.5. The third-order valence-corrected chi connectivity index (χ3v) is 6.06.